The van der Waals surface area contributed by atoms with E-state index in [0.29, 0.717) is 13.1 Å². The minimum absolute atomic E-state index is 0.0183. The molecule has 1 aromatic carbocycles. The molecular weight excluding hydrogens is 333 g/mol. The molecule has 1 aromatic rings. The predicted octanol–water partition coefficient (Wildman–Crippen LogP) is 3.64. The van der Waals surface area contributed by atoms with E-state index >= 15 is 0 Å². The molecule has 1 aliphatic heterocycles. The number of halogens is 4. The average molecular weight is 349 g/mol. The highest BCUT2D eigenvalue weighted by Crippen LogP contribution is 2.33. The topological polar surface area (TPSA) is 29.3 Å². The maximum absolute atomic E-state index is 12.6. The molecule has 1 unspecified atom stereocenters. The van der Waals surface area contributed by atoms with E-state index in [1.165, 1.54) is 6.08 Å². The van der Waals surface area contributed by atoms with E-state index in [9.17, 15) is 13.2 Å². The van der Waals surface area contributed by atoms with Crippen LogP contribution in [0.1, 0.15) is 18.0 Å². The Morgan fingerprint density at radius 3 is 2.50 bits per heavy atom. The minimum atomic E-state index is -4.21. The number of rotatable bonds is 3. The molecule has 2 N–H and O–H groups in total. The van der Waals surface area contributed by atoms with Gasteiger partial charge in [-0.3, -0.25) is 4.90 Å². The second kappa shape index (κ2) is 6.28. The molecule has 6 heteroatoms. The Labute approximate surface area is 124 Å². The van der Waals surface area contributed by atoms with Gasteiger partial charge in [0.25, 0.3) is 0 Å². The van der Waals surface area contributed by atoms with Gasteiger partial charge in [-0.15, -0.1) is 0 Å². The van der Waals surface area contributed by atoms with E-state index in [2.05, 4.69) is 15.9 Å². The van der Waals surface area contributed by atoms with E-state index in [-0.39, 0.29) is 19.0 Å². The van der Waals surface area contributed by atoms with Crippen LogP contribution in [0.4, 0.5) is 13.2 Å². The third-order valence-corrected chi connectivity index (χ3v) is 4.26. The smallest absolute Gasteiger partial charge is 0.329 e. The molecule has 0 saturated heterocycles. The maximum Gasteiger partial charge on any atom is 0.412 e. The molecule has 1 atom stereocenters. The summed E-state index contributed by atoms with van der Waals surface area (Å²) in [4.78, 5) is 1.98. The number of nitrogens with two attached hydrogens (primary N) is 1. The summed E-state index contributed by atoms with van der Waals surface area (Å²) in [5, 5.41) is 0. The second-order valence-electron chi connectivity index (χ2n) is 4.75. The van der Waals surface area contributed by atoms with Gasteiger partial charge in [-0.05, 0) is 18.1 Å². The Kier molecular flexibility index (Phi) is 4.88. The van der Waals surface area contributed by atoms with Gasteiger partial charge in [-0.2, -0.15) is 13.2 Å². The molecule has 0 radical (unpaired) electrons. The van der Waals surface area contributed by atoms with Crippen molar-refractivity contribution in [1.82, 2.24) is 4.90 Å². The van der Waals surface area contributed by atoms with Crippen LogP contribution >= 0.6 is 15.9 Å². The number of nitrogens with zero attached hydrogens (tertiary/aromatic N) is 1. The first-order valence-corrected chi connectivity index (χ1v) is 7.17. The van der Waals surface area contributed by atoms with Crippen molar-refractivity contribution in [3.63, 3.8) is 0 Å². The second-order valence-corrected chi connectivity index (χ2v) is 5.60. The zero-order chi connectivity index (χ0) is 14.8. The zero-order valence-corrected chi connectivity index (χ0v) is 12.4. The molecule has 2 nitrogen and oxygen atoms in total. The molecule has 2 rings (SSSR count). The van der Waals surface area contributed by atoms with Gasteiger partial charge in [0.1, 0.15) is 0 Å². The van der Waals surface area contributed by atoms with Crippen LogP contribution in [0.15, 0.2) is 40.4 Å². The monoisotopic (exact) mass is 348 g/mol. The Balaban J connectivity index is 2.16. The van der Waals surface area contributed by atoms with Crippen molar-refractivity contribution in [2.24, 2.45) is 5.73 Å². The fourth-order valence-electron chi connectivity index (χ4n) is 2.44. The first kappa shape index (κ1) is 15.5. The van der Waals surface area contributed by atoms with Crippen LogP contribution in [-0.4, -0.2) is 30.7 Å². The van der Waals surface area contributed by atoms with Gasteiger partial charge in [0.15, 0.2) is 0 Å². The summed E-state index contributed by atoms with van der Waals surface area (Å²) in [6.45, 7) is 1.02. The van der Waals surface area contributed by atoms with Gasteiger partial charge in [0, 0.05) is 35.7 Å². The molecule has 0 saturated carbocycles. The van der Waals surface area contributed by atoms with Gasteiger partial charge in [-0.25, -0.2) is 0 Å². The quantitative estimate of drug-likeness (QED) is 0.845. The molecule has 20 heavy (non-hydrogen) atoms. The van der Waals surface area contributed by atoms with Gasteiger partial charge in [0.05, 0.1) is 0 Å². The first-order valence-electron chi connectivity index (χ1n) is 6.38. The molecule has 1 aliphatic rings. The van der Waals surface area contributed by atoms with Crippen LogP contribution in [0, 0.1) is 0 Å². The van der Waals surface area contributed by atoms with Crippen LogP contribution in [0.2, 0.25) is 0 Å². The summed E-state index contributed by atoms with van der Waals surface area (Å²) >= 11 is 3.47. The normalized spacial score (nSPS) is 18.8. The van der Waals surface area contributed by atoms with E-state index in [1.54, 1.807) is 0 Å². The van der Waals surface area contributed by atoms with Crippen LogP contribution in [0.3, 0.4) is 0 Å². The first-order chi connectivity index (χ1) is 9.43. The molecule has 0 aliphatic carbocycles. The third-order valence-electron chi connectivity index (χ3n) is 3.53. The van der Waals surface area contributed by atoms with E-state index < -0.39 is 11.7 Å². The SMILES string of the molecule is NCC(c1ccccc1Br)N1CC=C(C(F)(F)F)CC1. The highest BCUT2D eigenvalue weighted by Gasteiger charge is 2.35. The average Bonchev–Trinajstić information content (AvgIpc) is 2.41. The fraction of sp³-hybridized carbons (Fsp3) is 0.429. The highest BCUT2D eigenvalue weighted by atomic mass is 79.9. The van der Waals surface area contributed by atoms with Gasteiger partial charge < -0.3 is 5.73 Å². The third kappa shape index (κ3) is 3.42. The number of hydrogen-bond donors (Lipinski definition) is 1. The van der Waals surface area contributed by atoms with Crippen LogP contribution in [0.25, 0.3) is 0 Å². The van der Waals surface area contributed by atoms with Gasteiger partial charge in [0.2, 0.25) is 0 Å². The molecule has 0 fully saturated rings. The molecule has 0 aromatic heterocycles. The Bertz CT molecular complexity index is 499. The van der Waals surface area contributed by atoms with E-state index in [0.717, 1.165) is 10.0 Å². The van der Waals surface area contributed by atoms with Crippen LogP contribution in [-0.2, 0) is 0 Å². The number of benzene rings is 1. The zero-order valence-electron chi connectivity index (χ0n) is 10.8. The molecule has 110 valence electrons. The summed E-state index contributed by atoms with van der Waals surface area (Å²) in [7, 11) is 0. The summed E-state index contributed by atoms with van der Waals surface area (Å²) in [6.07, 6.45) is -2.93. The number of alkyl halides is 3. The lowest BCUT2D eigenvalue weighted by Gasteiger charge is -2.34. The maximum atomic E-state index is 12.6. The minimum Gasteiger partial charge on any atom is -0.329 e. The summed E-state index contributed by atoms with van der Waals surface area (Å²) < 4.78 is 38.8. The van der Waals surface area contributed by atoms with Crippen molar-refractivity contribution in [2.75, 3.05) is 19.6 Å². The van der Waals surface area contributed by atoms with Crippen molar-refractivity contribution < 1.29 is 13.2 Å². The summed E-state index contributed by atoms with van der Waals surface area (Å²) in [6, 6.07) is 7.60. The fourth-order valence-corrected chi connectivity index (χ4v) is 2.99. The molecule has 0 amide bonds. The largest absolute Gasteiger partial charge is 0.412 e. The lowest BCUT2D eigenvalue weighted by molar-refractivity contribution is -0.0964. The van der Waals surface area contributed by atoms with Crippen molar-refractivity contribution >= 4 is 15.9 Å². The van der Waals surface area contributed by atoms with Crippen molar-refractivity contribution in [3.8, 4) is 0 Å². The van der Waals surface area contributed by atoms with E-state index in [1.807, 2.05) is 29.2 Å². The van der Waals surface area contributed by atoms with Gasteiger partial charge >= 0.3 is 6.18 Å². The molecular formula is C14H16BrF3N2. The lowest BCUT2D eigenvalue weighted by atomic mass is 10.0. The number of hydrogen-bond acceptors (Lipinski definition) is 2. The summed E-state index contributed by atoms with van der Waals surface area (Å²) in [5.41, 5.74) is 6.40. The van der Waals surface area contributed by atoms with Crippen molar-refractivity contribution in [2.45, 2.75) is 18.6 Å². The van der Waals surface area contributed by atoms with Gasteiger partial charge in [-0.1, -0.05) is 40.2 Å². The van der Waals surface area contributed by atoms with Crippen molar-refractivity contribution in [3.05, 3.63) is 46.0 Å². The highest BCUT2D eigenvalue weighted by molar-refractivity contribution is 9.10. The molecule has 0 spiro atoms. The van der Waals surface area contributed by atoms with Crippen molar-refractivity contribution in [1.29, 1.82) is 0 Å². The predicted molar refractivity (Wildman–Crippen MR) is 76.3 cm³/mol. The molecule has 1 heterocycles. The van der Waals surface area contributed by atoms with Crippen LogP contribution in [0.5, 0.6) is 0 Å². The Hall–Kier alpha value is -0.850. The standard InChI is InChI=1S/C14H16BrF3N2/c15-12-4-2-1-3-11(12)13(9-19)20-7-5-10(6-8-20)14(16,17)18/h1-5,13H,6-9,19H2. The lowest BCUT2D eigenvalue weighted by Crippen LogP contribution is -2.38. The Morgan fingerprint density at radius 1 is 1.30 bits per heavy atom. The van der Waals surface area contributed by atoms with E-state index in [4.69, 9.17) is 5.73 Å². The summed E-state index contributed by atoms with van der Waals surface area (Å²) in [5.74, 6) is 0. The van der Waals surface area contributed by atoms with Crippen LogP contribution < -0.4 is 5.73 Å². The Morgan fingerprint density at radius 2 is 2.00 bits per heavy atom. The molecule has 0 bridgehead atoms.